The number of halogens is 1. The maximum absolute atomic E-state index is 13.6. The molecule has 1 aromatic rings. The van der Waals surface area contributed by atoms with Gasteiger partial charge in [-0.15, -0.1) is 0 Å². The monoisotopic (exact) mass is 296 g/mol. The molecule has 0 aromatic heterocycles. The van der Waals surface area contributed by atoms with Gasteiger partial charge in [0.15, 0.2) is 0 Å². The molecule has 3 N–H and O–H groups in total. The first-order valence-electron chi connectivity index (χ1n) is 6.35. The Morgan fingerprint density at radius 2 is 1.86 bits per heavy atom. The predicted octanol–water partition coefficient (Wildman–Crippen LogP) is 0.462. The van der Waals surface area contributed by atoms with Gasteiger partial charge in [0.1, 0.15) is 17.9 Å². The van der Waals surface area contributed by atoms with Crippen LogP contribution in [0.3, 0.4) is 0 Å². The molecule has 0 aliphatic heterocycles. The lowest BCUT2D eigenvalue weighted by Crippen LogP contribution is -2.51. The number of carboxylic acids is 1. The van der Waals surface area contributed by atoms with E-state index in [4.69, 9.17) is 5.11 Å². The number of benzene rings is 1. The summed E-state index contributed by atoms with van der Waals surface area (Å²) in [5.41, 5.74) is 0.259. The molecular formula is C14H17FN2O4. The van der Waals surface area contributed by atoms with Crippen LogP contribution in [0.1, 0.15) is 19.4 Å². The highest BCUT2D eigenvalue weighted by molar-refractivity contribution is 5.90. The van der Waals surface area contributed by atoms with Crippen LogP contribution in [0.5, 0.6) is 0 Å². The molecule has 1 rings (SSSR count). The van der Waals surface area contributed by atoms with E-state index in [1.54, 1.807) is 6.07 Å². The highest BCUT2D eigenvalue weighted by Gasteiger charge is 2.24. The zero-order valence-corrected chi connectivity index (χ0v) is 11.7. The van der Waals surface area contributed by atoms with Crippen molar-refractivity contribution in [3.63, 3.8) is 0 Å². The van der Waals surface area contributed by atoms with Gasteiger partial charge < -0.3 is 15.7 Å². The van der Waals surface area contributed by atoms with Crippen molar-refractivity contribution in [2.75, 3.05) is 0 Å². The third-order valence-electron chi connectivity index (χ3n) is 2.81. The molecule has 0 aliphatic rings. The van der Waals surface area contributed by atoms with E-state index in [1.807, 2.05) is 0 Å². The van der Waals surface area contributed by atoms with Gasteiger partial charge in [0.2, 0.25) is 11.8 Å². The molecule has 0 spiro atoms. The second-order valence-electron chi connectivity index (χ2n) is 4.62. The highest BCUT2D eigenvalue weighted by Crippen LogP contribution is 2.09. The van der Waals surface area contributed by atoms with Gasteiger partial charge in [-0.1, -0.05) is 18.2 Å². The predicted molar refractivity (Wildman–Crippen MR) is 72.9 cm³/mol. The number of rotatable bonds is 6. The number of carbonyl (C=O) groups is 3. The summed E-state index contributed by atoms with van der Waals surface area (Å²) in [6.07, 6.45) is -0.0651. The van der Waals surface area contributed by atoms with Gasteiger partial charge in [-0.2, -0.15) is 0 Å². The first kappa shape index (κ1) is 16.6. The number of aliphatic carboxylic acids is 1. The van der Waals surface area contributed by atoms with Crippen LogP contribution in [0.15, 0.2) is 24.3 Å². The normalized spacial score (nSPS) is 13.1. The Bertz CT molecular complexity index is 548. The van der Waals surface area contributed by atoms with Crippen LogP contribution in [0, 0.1) is 5.82 Å². The average molecular weight is 296 g/mol. The molecule has 21 heavy (non-hydrogen) atoms. The lowest BCUT2D eigenvalue weighted by atomic mass is 10.0. The number of hydrogen-bond donors (Lipinski definition) is 3. The molecular weight excluding hydrogens is 279 g/mol. The lowest BCUT2D eigenvalue weighted by Gasteiger charge is -2.19. The van der Waals surface area contributed by atoms with E-state index >= 15 is 0 Å². The Morgan fingerprint density at radius 1 is 1.24 bits per heavy atom. The second kappa shape index (κ2) is 7.37. The van der Waals surface area contributed by atoms with Crippen molar-refractivity contribution in [1.29, 1.82) is 0 Å². The van der Waals surface area contributed by atoms with E-state index in [9.17, 15) is 18.8 Å². The fourth-order valence-electron chi connectivity index (χ4n) is 1.71. The molecule has 0 bridgehead atoms. The van der Waals surface area contributed by atoms with Gasteiger partial charge >= 0.3 is 5.97 Å². The molecule has 0 aliphatic carbocycles. The van der Waals surface area contributed by atoms with Crippen LogP contribution in [0.4, 0.5) is 4.39 Å². The third kappa shape index (κ3) is 5.21. The van der Waals surface area contributed by atoms with Gasteiger partial charge in [-0.3, -0.25) is 14.4 Å². The van der Waals surface area contributed by atoms with E-state index in [-0.39, 0.29) is 12.0 Å². The summed E-state index contributed by atoms with van der Waals surface area (Å²) in [7, 11) is 0. The molecule has 0 unspecified atom stereocenters. The molecule has 0 saturated heterocycles. The molecule has 0 fully saturated rings. The maximum Gasteiger partial charge on any atom is 0.325 e. The van der Waals surface area contributed by atoms with E-state index in [0.29, 0.717) is 0 Å². The third-order valence-corrected chi connectivity index (χ3v) is 2.81. The van der Waals surface area contributed by atoms with Crippen molar-refractivity contribution >= 4 is 17.8 Å². The summed E-state index contributed by atoms with van der Waals surface area (Å²) in [5.74, 6) is -2.83. The van der Waals surface area contributed by atoms with Crippen molar-refractivity contribution < 1.29 is 23.9 Å². The first-order chi connectivity index (χ1) is 9.81. The first-order valence-corrected chi connectivity index (χ1v) is 6.35. The molecule has 2 amide bonds. The number of hydrogen-bond acceptors (Lipinski definition) is 3. The topological polar surface area (TPSA) is 95.5 Å². The van der Waals surface area contributed by atoms with Crippen LogP contribution in [0.25, 0.3) is 0 Å². The van der Waals surface area contributed by atoms with E-state index < -0.39 is 35.7 Å². The average Bonchev–Trinajstić information content (AvgIpc) is 2.39. The van der Waals surface area contributed by atoms with Gasteiger partial charge in [0.05, 0.1) is 0 Å². The molecule has 0 radical (unpaired) electrons. The minimum atomic E-state index is -1.20. The van der Waals surface area contributed by atoms with E-state index in [1.165, 1.54) is 32.0 Å². The Hall–Kier alpha value is -2.44. The number of carboxylic acid groups (broad SMARTS) is 1. The van der Waals surface area contributed by atoms with E-state index in [2.05, 4.69) is 10.6 Å². The van der Waals surface area contributed by atoms with Gasteiger partial charge in [-0.25, -0.2) is 4.39 Å². The summed E-state index contributed by atoms with van der Waals surface area (Å²) in [6, 6.07) is 3.73. The summed E-state index contributed by atoms with van der Waals surface area (Å²) in [5, 5.41) is 13.4. The minimum Gasteiger partial charge on any atom is -0.480 e. The molecule has 6 nitrogen and oxygen atoms in total. The van der Waals surface area contributed by atoms with Crippen molar-refractivity contribution in [3.05, 3.63) is 35.6 Å². The molecule has 2 atom stereocenters. The van der Waals surface area contributed by atoms with Crippen molar-refractivity contribution in [2.24, 2.45) is 0 Å². The van der Waals surface area contributed by atoms with Crippen molar-refractivity contribution in [3.8, 4) is 0 Å². The van der Waals surface area contributed by atoms with Gasteiger partial charge in [0.25, 0.3) is 0 Å². The summed E-state index contributed by atoms with van der Waals surface area (Å²) in [4.78, 5) is 33.9. The summed E-state index contributed by atoms with van der Waals surface area (Å²) >= 11 is 0. The molecule has 0 heterocycles. The minimum absolute atomic E-state index is 0.0651. The zero-order valence-electron chi connectivity index (χ0n) is 11.7. The Morgan fingerprint density at radius 3 is 2.38 bits per heavy atom. The standard InChI is InChI=1S/C14H17FN2O4/c1-8(14(20)21)16-13(19)12(17-9(2)18)7-10-5-3-4-6-11(10)15/h3-6,8,12H,7H2,1-2H3,(H,16,19)(H,17,18)(H,20,21)/t8-,12-/m0/s1. The van der Waals surface area contributed by atoms with Gasteiger partial charge in [-0.05, 0) is 18.6 Å². The second-order valence-corrected chi connectivity index (χ2v) is 4.62. The molecule has 0 saturated carbocycles. The Balaban J connectivity index is 2.85. The number of carbonyl (C=O) groups excluding carboxylic acids is 2. The van der Waals surface area contributed by atoms with Crippen LogP contribution < -0.4 is 10.6 Å². The van der Waals surface area contributed by atoms with Crippen LogP contribution in [-0.4, -0.2) is 35.0 Å². The van der Waals surface area contributed by atoms with Crippen molar-refractivity contribution in [1.82, 2.24) is 10.6 Å². The summed E-state index contributed by atoms with van der Waals surface area (Å²) < 4.78 is 13.6. The SMILES string of the molecule is CC(=O)N[C@@H](Cc1ccccc1F)C(=O)N[C@@H](C)C(=O)O. The van der Waals surface area contributed by atoms with Crippen molar-refractivity contribution in [2.45, 2.75) is 32.4 Å². The van der Waals surface area contributed by atoms with Gasteiger partial charge in [0, 0.05) is 13.3 Å². The largest absolute Gasteiger partial charge is 0.480 e. The zero-order chi connectivity index (χ0) is 16.0. The maximum atomic E-state index is 13.6. The molecule has 1 aromatic carbocycles. The molecule has 7 heteroatoms. The van der Waals surface area contributed by atoms with Crippen LogP contribution >= 0.6 is 0 Å². The fourth-order valence-corrected chi connectivity index (χ4v) is 1.71. The highest BCUT2D eigenvalue weighted by atomic mass is 19.1. The molecule has 114 valence electrons. The smallest absolute Gasteiger partial charge is 0.325 e. The fraction of sp³-hybridized carbons (Fsp3) is 0.357. The quantitative estimate of drug-likeness (QED) is 0.711. The lowest BCUT2D eigenvalue weighted by molar-refractivity contribution is -0.141. The number of amides is 2. The Labute approximate surface area is 121 Å². The number of nitrogens with one attached hydrogen (secondary N) is 2. The Kier molecular flexibility index (Phi) is 5.83. The van der Waals surface area contributed by atoms with Crippen LogP contribution in [-0.2, 0) is 20.8 Å². The van der Waals surface area contributed by atoms with E-state index in [0.717, 1.165) is 0 Å². The van der Waals surface area contributed by atoms with Crippen LogP contribution in [0.2, 0.25) is 0 Å². The summed E-state index contributed by atoms with van der Waals surface area (Å²) in [6.45, 7) is 2.52.